The maximum Gasteiger partial charge on any atom is 0.0478 e. The summed E-state index contributed by atoms with van der Waals surface area (Å²) in [5.41, 5.74) is 11.0. The standard InChI is InChI=1S/C36H42N2/c1-7-27(2)11-14-30-9-8-10-36(25-30)38(29(4)32-17-12-28(3)13-18-32)26-31-15-19-33(20-16-31)34-21-23-35(24-22-34)37(5)6/h8-11,14-16,19-25,32H,2-4,7,12-13,17-18,26H2,1,5-6H3/b14-11+. The Labute approximate surface area is 230 Å². The van der Waals surface area contributed by atoms with Crippen LogP contribution in [0.4, 0.5) is 11.4 Å². The molecule has 0 unspecified atom stereocenters. The Bertz CT molecular complexity index is 1280. The summed E-state index contributed by atoms with van der Waals surface area (Å²) in [6, 6.07) is 26.5. The van der Waals surface area contributed by atoms with Crippen LogP contribution in [-0.2, 0) is 6.54 Å². The summed E-state index contributed by atoms with van der Waals surface area (Å²) in [5, 5.41) is 0. The van der Waals surface area contributed by atoms with Crippen molar-refractivity contribution in [3.63, 3.8) is 0 Å². The summed E-state index contributed by atoms with van der Waals surface area (Å²) in [4.78, 5) is 4.55. The molecule has 1 aliphatic rings. The topological polar surface area (TPSA) is 6.48 Å². The van der Waals surface area contributed by atoms with E-state index in [1.54, 1.807) is 0 Å². The zero-order chi connectivity index (χ0) is 27.1. The van der Waals surface area contributed by atoms with Crippen molar-refractivity contribution in [1.82, 2.24) is 0 Å². The van der Waals surface area contributed by atoms with E-state index in [-0.39, 0.29) is 0 Å². The molecule has 1 fully saturated rings. The highest BCUT2D eigenvalue weighted by Gasteiger charge is 2.23. The lowest BCUT2D eigenvalue weighted by atomic mass is 9.84. The van der Waals surface area contributed by atoms with Crippen LogP contribution in [0, 0.1) is 5.92 Å². The van der Waals surface area contributed by atoms with Gasteiger partial charge in [0.05, 0.1) is 0 Å². The molecule has 0 atom stereocenters. The summed E-state index contributed by atoms with van der Waals surface area (Å²) in [6.45, 7) is 15.9. The van der Waals surface area contributed by atoms with Crippen molar-refractivity contribution in [3.8, 4) is 11.1 Å². The van der Waals surface area contributed by atoms with Gasteiger partial charge in [-0.05, 0) is 84.5 Å². The van der Waals surface area contributed by atoms with Gasteiger partial charge in [-0.3, -0.25) is 0 Å². The number of benzene rings is 3. The average molecular weight is 503 g/mol. The molecule has 0 aliphatic heterocycles. The van der Waals surface area contributed by atoms with Crippen molar-refractivity contribution in [2.24, 2.45) is 5.92 Å². The fraction of sp³-hybridized carbons (Fsp3) is 0.278. The lowest BCUT2D eigenvalue weighted by Crippen LogP contribution is -2.27. The number of hydrogen-bond donors (Lipinski definition) is 0. The molecule has 2 heteroatoms. The van der Waals surface area contributed by atoms with Gasteiger partial charge in [0, 0.05) is 37.7 Å². The van der Waals surface area contributed by atoms with Crippen LogP contribution in [0.2, 0.25) is 0 Å². The molecular weight excluding hydrogens is 460 g/mol. The van der Waals surface area contributed by atoms with Gasteiger partial charge in [0.1, 0.15) is 0 Å². The molecule has 3 aromatic carbocycles. The molecule has 3 aromatic rings. The first-order valence-electron chi connectivity index (χ1n) is 13.8. The second kappa shape index (κ2) is 12.6. The van der Waals surface area contributed by atoms with Gasteiger partial charge in [-0.1, -0.05) is 98.5 Å². The molecule has 0 N–H and O–H groups in total. The lowest BCUT2D eigenvalue weighted by Gasteiger charge is -2.34. The lowest BCUT2D eigenvalue weighted by molar-refractivity contribution is 0.455. The second-order valence-electron chi connectivity index (χ2n) is 10.7. The van der Waals surface area contributed by atoms with Crippen LogP contribution < -0.4 is 9.80 Å². The van der Waals surface area contributed by atoms with E-state index < -0.39 is 0 Å². The number of hydrogen-bond acceptors (Lipinski definition) is 2. The summed E-state index contributed by atoms with van der Waals surface area (Å²) >= 11 is 0. The van der Waals surface area contributed by atoms with Crippen molar-refractivity contribution < 1.29 is 0 Å². The number of rotatable bonds is 10. The zero-order valence-electron chi connectivity index (χ0n) is 23.4. The molecule has 0 heterocycles. The molecule has 0 amide bonds. The molecule has 38 heavy (non-hydrogen) atoms. The predicted octanol–water partition coefficient (Wildman–Crippen LogP) is 9.67. The fourth-order valence-corrected chi connectivity index (χ4v) is 5.00. The highest BCUT2D eigenvalue weighted by atomic mass is 15.1. The van der Waals surface area contributed by atoms with Gasteiger partial charge in [-0.25, -0.2) is 0 Å². The van der Waals surface area contributed by atoms with Crippen LogP contribution in [0.25, 0.3) is 17.2 Å². The Morgan fingerprint density at radius 3 is 2.11 bits per heavy atom. The maximum atomic E-state index is 4.64. The van der Waals surface area contributed by atoms with Crippen molar-refractivity contribution in [2.45, 2.75) is 45.6 Å². The average Bonchev–Trinajstić information content (AvgIpc) is 2.95. The highest BCUT2D eigenvalue weighted by Crippen LogP contribution is 2.36. The first kappa shape index (κ1) is 27.3. The third-order valence-corrected chi connectivity index (χ3v) is 7.67. The van der Waals surface area contributed by atoms with E-state index >= 15 is 0 Å². The minimum absolute atomic E-state index is 0.481. The van der Waals surface area contributed by atoms with E-state index in [0.717, 1.165) is 44.2 Å². The van der Waals surface area contributed by atoms with Crippen molar-refractivity contribution >= 4 is 17.5 Å². The largest absolute Gasteiger partial charge is 0.378 e. The summed E-state index contributed by atoms with van der Waals surface area (Å²) in [5.74, 6) is 0.481. The molecule has 0 bridgehead atoms. The van der Waals surface area contributed by atoms with Gasteiger partial charge in [-0.15, -0.1) is 0 Å². The van der Waals surface area contributed by atoms with Crippen molar-refractivity contribution in [2.75, 3.05) is 23.9 Å². The highest BCUT2D eigenvalue weighted by molar-refractivity contribution is 5.67. The first-order valence-corrected chi connectivity index (χ1v) is 13.8. The molecule has 1 aliphatic carbocycles. The van der Waals surface area contributed by atoms with Gasteiger partial charge in [0.15, 0.2) is 0 Å². The molecule has 2 nitrogen and oxygen atoms in total. The minimum Gasteiger partial charge on any atom is -0.378 e. The third kappa shape index (κ3) is 6.95. The van der Waals surface area contributed by atoms with E-state index in [0.29, 0.717) is 5.92 Å². The van der Waals surface area contributed by atoms with Crippen LogP contribution in [0.5, 0.6) is 0 Å². The molecule has 0 saturated heterocycles. The second-order valence-corrected chi connectivity index (χ2v) is 10.7. The zero-order valence-corrected chi connectivity index (χ0v) is 23.4. The van der Waals surface area contributed by atoms with Crippen LogP contribution in [0.3, 0.4) is 0 Å². The SMILES string of the molecule is C=C(/C=C/c1cccc(N(Cc2ccc(-c3ccc(N(C)C)cc3)cc2)C(=C)C2CCC(=C)CC2)c1)CC. The smallest absolute Gasteiger partial charge is 0.0478 e. The van der Waals surface area contributed by atoms with E-state index in [1.807, 2.05) is 0 Å². The quantitative estimate of drug-likeness (QED) is 0.201. The van der Waals surface area contributed by atoms with Crippen molar-refractivity contribution in [1.29, 1.82) is 0 Å². The minimum atomic E-state index is 0.481. The number of allylic oxidation sites excluding steroid dienone is 4. The Kier molecular flexibility index (Phi) is 9.07. The van der Waals surface area contributed by atoms with Crippen LogP contribution in [-0.4, -0.2) is 14.1 Å². The van der Waals surface area contributed by atoms with E-state index in [4.69, 9.17) is 0 Å². The van der Waals surface area contributed by atoms with Gasteiger partial charge < -0.3 is 9.80 Å². The van der Waals surface area contributed by atoms with Crippen LogP contribution >= 0.6 is 0 Å². The fourth-order valence-electron chi connectivity index (χ4n) is 5.00. The Balaban J connectivity index is 1.59. The molecule has 0 radical (unpaired) electrons. The molecule has 4 rings (SSSR count). The third-order valence-electron chi connectivity index (χ3n) is 7.67. The molecular formula is C36H42N2. The summed E-state index contributed by atoms with van der Waals surface area (Å²) in [7, 11) is 4.14. The monoisotopic (exact) mass is 502 g/mol. The number of anilines is 2. The Morgan fingerprint density at radius 1 is 0.868 bits per heavy atom. The first-order chi connectivity index (χ1) is 18.3. The van der Waals surface area contributed by atoms with Gasteiger partial charge in [0.2, 0.25) is 0 Å². The van der Waals surface area contributed by atoms with Crippen molar-refractivity contribution in [3.05, 3.63) is 127 Å². The van der Waals surface area contributed by atoms with E-state index in [1.165, 1.54) is 44.9 Å². The van der Waals surface area contributed by atoms with Gasteiger partial charge >= 0.3 is 0 Å². The molecule has 0 spiro atoms. The number of nitrogens with zero attached hydrogens (tertiary/aromatic N) is 2. The van der Waals surface area contributed by atoms with Crippen LogP contribution in [0.15, 0.2) is 115 Å². The van der Waals surface area contributed by atoms with E-state index in [9.17, 15) is 0 Å². The Morgan fingerprint density at radius 2 is 1.50 bits per heavy atom. The van der Waals surface area contributed by atoms with E-state index in [2.05, 4.69) is 136 Å². The van der Waals surface area contributed by atoms with Gasteiger partial charge in [0.25, 0.3) is 0 Å². The summed E-state index contributed by atoms with van der Waals surface area (Å²) < 4.78 is 0. The molecule has 0 aromatic heterocycles. The van der Waals surface area contributed by atoms with Gasteiger partial charge in [-0.2, -0.15) is 0 Å². The van der Waals surface area contributed by atoms with Crippen LogP contribution in [0.1, 0.15) is 50.2 Å². The maximum absolute atomic E-state index is 4.64. The molecule has 1 saturated carbocycles. The predicted molar refractivity (Wildman–Crippen MR) is 168 cm³/mol. The molecule has 196 valence electrons. The Hall–Kier alpha value is -3.78. The normalized spacial score (nSPS) is 14.0. The summed E-state index contributed by atoms with van der Waals surface area (Å²) in [6.07, 6.45) is 9.70.